The standard InChI is InChI=1S/C24H29F2NS/c1-2-3-17-6-10-20(11-7-17)21-12-8-18(9-13-21)4-5-19-14-22(25)24(28-16-27)23(26)15-19/h14-15,17-18,20-21H,2-3,6-13H2,1H3. The first-order valence-electron chi connectivity index (χ1n) is 10.7. The lowest BCUT2D eigenvalue weighted by Gasteiger charge is -2.37. The molecule has 2 saturated carbocycles. The summed E-state index contributed by atoms with van der Waals surface area (Å²) in [4.78, 5) is -0.248. The number of benzene rings is 1. The summed E-state index contributed by atoms with van der Waals surface area (Å²) >= 11 is 0.507. The smallest absolute Gasteiger partial charge is 0.142 e. The number of halogens is 2. The lowest BCUT2D eigenvalue weighted by atomic mass is 9.69. The SMILES string of the molecule is CCCC1CCC(C2CCC(C#Cc3cc(F)c(SC#N)c(F)c3)CC2)CC1. The molecule has 2 aliphatic rings. The van der Waals surface area contributed by atoms with E-state index in [2.05, 4.69) is 18.8 Å². The highest BCUT2D eigenvalue weighted by atomic mass is 32.2. The summed E-state index contributed by atoms with van der Waals surface area (Å²) < 4.78 is 27.8. The molecule has 0 unspecified atom stereocenters. The molecular formula is C24H29F2NS. The van der Waals surface area contributed by atoms with Gasteiger partial charge in [-0.15, -0.1) is 0 Å². The fraction of sp³-hybridized carbons (Fsp3) is 0.625. The molecule has 1 aromatic rings. The molecule has 28 heavy (non-hydrogen) atoms. The quantitative estimate of drug-likeness (QED) is 0.300. The lowest BCUT2D eigenvalue weighted by Crippen LogP contribution is -2.25. The summed E-state index contributed by atoms with van der Waals surface area (Å²) in [5, 5.41) is 10.3. The number of hydrogen-bond acceptors (Lipinski definition) is 2. The van der Waals surface area contributed by atoms with E-state index < -0.39 is 11.6 Å². The number of thioether (sulfide) groups is 1. The molecule has 150 valence electrons. The molecule has 2 fully saturated rings. The van der Waals surface area contributed by atoms with E-state index in [1.54, 1.807) is 5.40 Å². The van der Waals surface area contributed by atoms with Gasteiger partial charge in [-0.25, -0.2) is 8.78 Å². The van der Waals surface area contributed by atoms with Gasteiger partial charge in [-0.05, 0) is 80.2 Å². The van der Waals surface area contributed by atoms with Gasteiger partial charge in [0.05, 0.1) is 4.90 Å². The van der Waals surface area contributed by atoms with Gasteiger partial charge in [-0.1, -0.05) is 44.4 Å². The highest BCUT2D eigenvalue weighted by Crippen LogP contribution is 2.42. The van der Waals surface area contributed by atoms with Gasteiger partial charge in [0.1, 0.15) is 17.0 Å². The molecule has 0 spiro atoms. The van der Waals surface area contributed by atoms with Crippen molar-refractivity contribution in [3.8, 4) is 17.2 Å². The van der Waals surface area contributed by atoms with Crippen LogP contribution in [-0.2, 0) is 0 Å². The zero-order valence-electron chi connectivity index (χ0n) is 16.6. The molecule has 2 aliphatic carbocycles. The first-order valence-corrected chi connectivity index (χ1v) is 11.5. The number of rotatable bonds is 4. The van der Waals surface area contributed by atoms with Crippen molar-refractivity contribution in [2.24, 2.45) is 23.7 Å². The molecule has 0 atom stereocenters. The van der Waals surface area contributed by atoms with Crippen LogP contribution in [0.5, 0.6) is 0 Å². The second-order valence-electron chi connectivity index (χ2n) is 8.41. The highest BCUT2D eigenvalue weighted by Gasteiger charge is 2.30. The molecular weight excluding hydrogens is 372 g/mol. The van der Waals surface area contributed by atoms with Crippen LogP contribution < -0.4 is 0 Å². The maximum Gasteiger partial charge on any atom is 0.142 e. The van der Waals surface area contributed by atoms with E-state index in [4.69, 9.17) is 5.26 Å². The van der Waals surface area contributed by atoms with Crippen LogP contribution in [-0.4, -0.2) is 0 Å². The minimum absolute atomic E-state index is 0.248. The zero-order valence-corrected chi connectivity index (χ0v) is 17.5. The predicted octanol–water partition coefficient (Wildman–Crippen LogP) is 7.30. The van der Waals surface area contributed by atoms with Crippen LogP contribution in [0.3, 0.4) is 0 Å². The largest absolute Gasteiger partial charge is 0.206 e. The van der Waals surface area contributed by atoms with Gasteiger partial charge in [-0.2, -0.15) is 5.26 Å². The van der Waals surface area contributed by atoms with Gasteiger partial charge in [0.25, 0.3) is 0 Å². The van der Waals surface area contributed by atoms with Crippen LogP contribution in [0.15, 0.2) is 17.0 Å². The van der Waals surface area contributed by atoms with Crippen molar-refractivity contribution >= 4 is 11.8 Å². The van der Waals surface area contributed by atoms with Crippen LogP contribution in [0.1, 0.15) is 76.7 Å². The normalized spacial score (nSPS) is 27.5. The minimum Gasteiger partial charge on any atom is -0.206 e. The fourth-order valence-corrected chi connectivity index (χ4v) is 5.46. The Morgan fingerprint density at radius 2 is 1.54 bits per heavy atom. The van der Waals surface area contributed by atoms with Crippen molar-refractivity contribution in [2.75, 3.05) is 0 Å². The Balaban J connectivity index is 1.51. The first kappa shape index (κ1) is 21.2. The van der Waals surface area contributed by atoms with Crippen LogP contribution in [0.4, 0.5) is 8.78 Å². The molecule has 0 amide bonds. The van der Waals surface area contributed by atoms with E-state index in [1.165, 1.54) is 63.5 Å². The molecule has 0 radical (unpaired) electrons. The Labute approximate surface area is 172 Å². The van der Waals surface area contributed by atoms with E-state index in [1.807, 2.05) is 0 Å². The second-order valence-corrected chi connectivity index (χ2v) is 9.21. The van der Waals surface area contributed by atoms with E-state index in [0.29, 0.717) is 23.2 Å². The van der Waals surface area contributed by atoms with Crippen LogP contribution in [0.25, 0.3) is 0 Å². The molecule has 3 rings (SSSR count). The zero-order chi connectivity index (χ0) is 19.9. The van der Waals surface area contributed by atoms with E-state index in [-0.39, 0.29) is 4.90 Å². The van der Waals surface area contributed by atoms with Gasteiger partial charge in [-0.3, -0.25) is 0 Å². The van der Waals surface area contributed by atoms with Crippen LogP contribution in [0.2, 0.25) is 0 Å². The number of nitriles is 1. The Kier molecular flexibility index (Phi) is 7.81. The fourth-order valence-electron chi connectivity index (χ4n) is 5.05. The maximum absolute atomic E-state index is 13.9. The molecule has 0 saturated heterocycles. The monoisotopic (exact) mass is 401 g/mol. The van der Waals surface area contributed by atoms with Crippen molar-refractivity contribution in [3.05, 3.63) is 29.3 Å². The summed E-state index contributed by atoms with van der Waals surface area (Å²) in [6, 6.07) is 2.46. The summed E-state index contributed by atoms with van der Waals surface area (Å²) in [7, 11) is 0. The third-order valence-electron chi connectivity index (χ3n) is 6.59. The average molecular weight is 402 g/mol. The van der Waals surface area contributed by atoms with Crippen molar-refractivity contribution < 1.29 is 8.78 Å². The Morgan fingerprint density at radius 1 is 0.964 bits per heavy atom. The van der Waals surface area contributed by atoms with Gasteiger partial charge in [0.15, 0.2) is 0 Å². The number of hydrogen-bond donors (Lipinski definition) is 0. The lowest BCUT2D eigenvalue weighted by molar-refractivity contribution is 0.154. The van der Waals surface area contributed by atoms with E-state index >= 15 is 0 Å². The predicted molar refractivity (Wildman–Crippen MR) is 111 cm³/mol. The summed E-state index contributed by atoms with van der Waals surface area (Å²) in [5.74, 6) is 7.80. The average Bonchev–Trinajstić information content (AvgIpc) is 2.70. The molecule has 1 nitrogen and oxygen atoms in total. The van der Waals surface area contributed by atoms with Crippen molar-refractivity contribution in [1.29, 1.82) is 5.26 Å². The van der Waals surface area contributed by atoms with E-state index in [0.717, 1.165) is 30.6 Å². The third-order valence-corrected chi connectivity index (χ3v) is 7.28. The molecule has 0 aliphatic heterocycles. The van der Waals surface area contributed by atoms with Gasteiger partial charge in [0.2, 0.25) is 0 Å². The van der Waals surface area contributed by atoms with Gasteiger partial charge >= 0.3 is 0 Å². The number of nitrogens with zero attached hydrogens (tertiary/aromatic N) is 1. The third kappa shape index (κ3) is 5.51. The summed E-state index contributed by atoms with van der Waals surface area (Å²) in [5.41, 5.74) is 0.355. The Bertz CT molecular complexity index is 734. The van der Waals surface area contributed by atoms with Crippen LogP contribution in [0, 0.1) is 57.8 Å². The van der Waals surface area contributed by atoms with Gasteiger partial charge < -0.3 is 0 Å². The molecule has 4 heteroatoms. The molecule has 1 aromatic carbocycles. The summed E-state index contributed by atoms with van der Waals surface area (Å²) in [6.45, 7) is 2.29. The van der Waals surface area contributed by atoms with Crippen molar-refractivity contribution in [3.63, 3.8) is 0 Å². The Morgan fingerprint density at radius 3 is 2.07 bits per heavy atom. The first-order chi connectivity index (χ1) is 13.6. The van der Waals surface area contributed by atoms with Gasteiger partial charge in [0, 0.05) is 11.5 Å². The van der Waals surface area contributed by atoms with Crippen LogP contribution >= 0.6 is 11.8 Å². The summed E-state index contributed by atoms with van der Waals surface area (Å²) in [6.07, 6.45) is 13.0. The molecule has 0 bridgehead atoms. The topological polar surface area (TPSA) is 23.8 Å². The van der Waals surface area contributed by atoms with E-state index in [9.17, 15) is 8.78 Å². The Hall–Kier alpha value is -1.52. The molecule has 0 heterocycles. The number of thiocyanates is 1. The highest BCUT2D eigenvalue weighted by molar-refractivity contribution is 8.03. The molecule has 0 aromatic heterocycles. The second kappa shape index (κ2) is 10.3. The molecule has 0 N–H and O–H groups in total. The van der Waals surface area contributed by atoms with Crippen molar-refractivity contribution in [2.45, 2.75) is 76.0 Å². The minimum atomic E-state index is -0.710. The maximum atomic E-state index is 13.9. The van der Waals surface area contributed by atoms with Crippen molar-refractivity contribution in [1.82, 2.24) is 0 Å².